The summed E-state index contributed by atoms with van der Waals surface area (Å²) in [5.74, 6) is 2.04. The highest BCUT2D eigenvalue weighted by Crippen LogP contribution is 2.39. The molecule has 0 saturated heterocycles. The molecular weight excluding hydrogens is 348 g/mol. The standard InChI is InChI=1S/C20H19ClN4O/c21-16-7-3-1-5-14(16)20(26)23-12-11-22-19-15-6-2-4-8-17(15)24-18(25-19)13-9-10-13/h1-8,13H,9-12H2,(H,23,26)(H,22,24,25). The van der Waals surface area contributed by atoms with Crippen molar-refractivity contribution in [1.29, 1.82) is 0 Å². The predicted octanol–water partition coefficient (Wildman–Crippen LogP) is 4.00. The fourth-order valence-corrected chi connectivity index (χ4v) is 3.07. The number of carbonyl (C=O) groups excluding carboxylic acids is 1. The highest BCUT2D eigenvalue weighted by Gasteiger charge is 2.27. The molecule has 0 atom stereocenters. The van der Waals surface area contributed by atoms with Gasteiger partial charge in [-0.2, -0.15) is 0 Å². The second-order valence-electron chi connectivity index (χ2n) is 6.38. The number of anilines is 1. The van der Waals surface area contributed by atoms with Crippen LogP contribution in [0.25, 0.3) is 10.9 Å². The summed E-state index contributed by atoms with van der Waals surface area (Å²) in [6.45, 7) is 1.04. The molecule has 3 aromatic rings. The largest absolute Gasteiger partial charge is 0.368 e. The van der Waals surface area contributed by atoms with Crippen LogP contribution in [0.2, 0.25) is 5.02 Å². The van der Waals surface area contributed by atoms with Crippen molar-refractivity contribution in [2.45, 2.75) is 18.8 Å². The zero-order valence-corrected chi connectivity index (χ0v) is 15.0. The summed E-state index contributed by atoms with van der Waals surface area (Å²) in [6.07, 6.45) is 2.32. The van der Waals surface area contributed by atoms with E-state index in [9.17, 15) is 4.79 Å². The number of rotatable bonds is 6. The van der Waals surface area contributed by atoms with Crippen molar-refractivity contribution in [3.8, 4) is 0 Å². The molecule has 1 aliphatic carbocycles. The third-order valence-corrected chi connectivity index (χ3v) is 4.71. The number of aromatic nitrogens is 2. The molecule has 1 amide bonds. The number of fused-ring (bicyclic) bond motifs is 1. The molecule has 6 heteroatoms. The van der Waals surface area contributed by atoms with Crippen molar-refractivity contribution >= 4 is 34.2 Å². The van der Waals surface area contributed by atoms with Gasteiger partial charge in [-0.25, -0.2) is 9.97 Å². The maximum absolute atomic E-state index is 12.2. The van der Waals surface area contributed by atoms with Gasteiger partial charge in [0.2, 0.25) is 0 Å². The molecule has 2 N–H and O–H groups in total. The molecule has 0 bridgehead atoms. The fourth-order valence-electron chi connectivity index (χ4n) is 2.85. The third kappa shape index (κ3) is 3.63. The van der Waals surface area contributed by atoms with E-state index in [2.05, 4.69) is 15.6 Å². The molecular formula is C20H19ClN4O. The summed E-state index contributed by atoms with van der Waals surface area (Å²) in [5.41, 5.74) is 1.43. The first-order chi connectivity index (χ1) is 12.7. The Hall–Kier alpha value is -2.66. The molecule has 5 nitrogen and oxygen atoms in total. The van der Waals surface area contributed by atoms with Gasteiger partial charge in [0.05, 0.1) is 16.1 Å². The van der Waals surface area contributed by atoms with E-state index in [1.54, 1.807) is 24.3 Å². The third-order valence-electron chi connectivity index (χ3n) is 4.38. The highest BCUT2D eigenvalue weighted by molar-refractivity contribution is 6.33. The Morgan fingerprint density at radius 3 is 2.62 bits per heavy atom. The molecule has 1 aromatic heterocycles. The van der Waals surface area contributed by atoms with Crippen LogP contribution < -0.4 is 10.6 Å². The Labute approximate surface area is 156 Å². The van der Waals surface area contributed by atoms with Crippen LogP contribution in [0.5, 0.6) is 0 Å². The van der Waals surface area contributed by atoms with E-state index in [0.717, 1.165) is 35.4 Å². The van der Waals surface area contributed by atoms with Crippen LogP contribution in [-0.2, 0) is 0 Å². The number of nitrogens with zero attached hydrogens (tertiary/aromatic N) is 2. The van der Waals surface area contributed by atoms with Crippen molar-refractivity contribution in [3.63, 3.8) is 0 Å². The monoisotopic (exact) mass is 366 g/mol. The lowest BCUT2D eigenvalue weighted by Gasteiger charge is -2.11. The van der Waals surface area contributed by atoms with Gasteiger partial charge in [-0.15, -0.1) is 0 Å². The summed E-state index contributed by atoms with van der Waals surface area (Å²) in [5, 5.41) is 7.66. The van der Waals surface area contributed by atoms with E-state index >= 15 is 0 Å². The van der Waals surface area contributed by atoms with Gasteiger partial charge in [0.25, 0.3) is 5.91 Å². The van der Waals surface area contributed by atoms with E-state index in [0.29, 0.717) is 29.6 Å². The number of halogens is 1. The smallest absolute Gasteiger partial charge is 0.252 e. The minimum atomic E-state index is -0.177. The van der Waals surface area contributed by atoms with Gasteiger partial charge in [0, 0.05) is 24.4 Å². The number of hydrogen-bond acceptors (Lipinski definition) is 4. The van der Waals surface area contributed by atoms with E-state index < -0.39 is 0 Å². The number of nitrogens with one attached hydrogen (secondary N) is 2. The first kappa shape index (κ1) is 16.8. The minimum absolute atomic E-state index is 0.177. The van der Waals surface area contributed by atoms with Gasteiger partial charge in [-0.3, -0.25) is 4.79 Å². The average molecular weight is 367 g/mol. The Kier molecular flexibility index (Phi) is 4.71. The van der Waals surface area contributed by atoms with Crippen LogP contribution in [-0.4, -0.2) is 29.0 Å². The summed E-state index contributed by atoms with van der Waals surface area (Å²) in [6, 6.07) is 15.0. The topological polar surface area (TPSA) is 66.9 Å². The van der Waals surface area contributed by atoms with E-state index in [1.807, 2.05) is 24.3 Å². The maximum atomic E-state index is 12.2. The number of amides is 1. The molecule has 1 saturated carbocycles. The molecule has 0 unspecified atom stereocenters. The van der Waals surface area contributed by atoms with Crippen LogP contribution in [0.3, 0.4) is 0 Å². The van der Waals surface area contributed by atoms with Crippen molar-refractivity contribution in [3.05, 3.63) is 64.9 Å². The van der Waals surface area contributed by atoms with Gasteiger partial charge in [0.15, 0.2) is 0 Å². The fraction of sp³-hybridized carbons (Fsp3) is 0.250. The second-order valence-corrected chi connectivity index (χ2v) is 6.79. The minimum Gasteiger partial charge on any atom is -0.368 e. The Morgan fingerprint density at radius 2 is 1.81 bits per heavy atom. The first-order valence-electron chi connectivity index (χ1n) is 8.75. The normalized spacial score (nSPS) is 13.6. The molecule has 26 heavy (non-hydrogen) atoms. The molecule has 0 spiro atoms. The van der Waals surface area contributed by atoms with Crippen molar-refractivity contribution < 1.29 is 4.79 Å². The highest BCUT2D eigenvalue weighted by atomic mass is 35.5. The van der Waals surface area contributed by atoms with Crippen LogP contribution in [0.15, 0.2) is 48.5 Å². The van der Waals surface area contributed by atoms with Crippen LogP contribution >= 0.6 is 11.6 Å². The first-order valence-corrected chi connectivity index (χ1v) is 9.13. The van der Waals surface area contributed by atoms with Crippen LogP contribution in [0.4, 0.5) is 5.82 Å². The van der Waals surface area contributed by atoms with Gasteiger partial charge in [-0.1, -0.05) is 35.9 Å². The number of benzene rings is 2. The quantitative estimate of drug-likeness (QED) is 0.647. The van der Waals surface area contributed by atoms with Crippen LogP contribution in [0, 0.1) is 0 Å². The van der Waals surface area contributed by atoms with Crippen molar-refractivity contribution in [2.24, 2.45) is 0 Å². The Balaban J connectivity index is 1.42. The molecule has 4 rings (SSSR count). The van der Waals surface area contributed by atoms with Crippen LogP contribution in [0.1, 0.15) is 34.9 Å². The molecule has 0 aliphatic heterocycles. The Morgan fingerprint density at radius 1 is 1.04 bits per heavy atom. The average Bonchev–Trinajstić information content (AvgIpc) is 3.50. The van der Waals surface area contributed by atoms with E-state index in [4.69, 9.17) is 16.6 Å². The summed E-state index contributed by atoms with van der Waals surface area (Å²) >= 11 is 6.05. The predicted molar refractivity (Wildman–Crippen MR) is 104 cm³/mol. The van der Waals surface area contributed by atoms with Crippen molar-refractivity contribution in [2.75, 3.05) is 18.4 Å². The Bertz CT molecular complexity index is 955. The molecule has 1 aliphatic rings. The number of para-hydroxylation sites is 1. The lowest BCUT2D eigenvalue weighted by atomic mass is 10.2. The van der Waals surface area contributed by atoms with Gasteiger partial charge in [0.1, 0.15) is 11.6 Å². The molecule has 1 fully saturated rings. The maximum Gasteiger partial charge on any atom is 0.252 e. The van der Waals surface area contributed by atoms with Crippen molar-refractivity contribution in [1.82, 2.24) is 15.3 Å². The van der Waals surface area contributed by atoms with Gasteiger partial charge >= 0.3 is 0 Å². The molecule has 1 heterocycles. The molecule has 0 radical (unpaired) electrons. The summed E-state index contributed by atoms with van der Waals surface area (Å²) in [7, 11) is 0. The van der Waals surface area contributed by atoms with Gasteiger partial charge < -0.3 is 10.6 Å². The SMILES string of the molecule is O=C(NCCNc1nc(C2CC2)nc2ccccc12)c1ccccc1Cl. The van der Waals surface area contributed by atoms with E-state index in [1.165, 1.54) is 0 Å². The lowest BCUT2D eigenvalue weighted by Crippen LogP contribution is -2.29. The zero-order chi connectivity index (χ0) is 17.9. The van der Waals surface area contributed by atoms with Gasteiger partial charge in [-0.05, 0) is 37.1 Å². The summed E-state index contributed by atoms with van der Waals surface area (Å²) < 4.78 is 0. The molecule has 2 aromatic carbocycles. The summed E-state index contributed by atoms with van der Waals surface area (Å²) in [4.78, 5) is 21.6. The second kappa shape index (κ2) is 7.30. The zero-order valence-electron chi connectivity index (χ0n) is 14.2. The molecule has 132 valence electrons. The van der Waals surface area contributed by atoms with E-state index in [-0.39, 0.29) is 5.91 Å². The lowest BCUT2D eigenvalue weighted by molar-refractivity contribution is 0.0955. The number of carbonyl (C=O) groups is 1. The number of hydrogen-bond donors (Lipinski definition) is 2.